The quantitative estimate of drug-likeness (QED) is 0.703. The highest BCUT2D eigenvalue weighted by Crippen LogP contribution is 2.15. The van der Waals surface area contributed by atoms with Gasteiger partial charge in [-0.15, -0.1) is 0 Å². The molecule has 0 spiro atoms. The predicted molar refractivity (Wildman–Crippen MR) is 58.5 cm³/mol. The van der Waals surface area contributed by atoms with Gasteiger partial charge in [0, 0.05) is 19.7 Å². The maximum absolute atomic E-state index is 11.6. The Kier molecular flexibility index (Phi) is 3.28. The molecule has 0 aromatic heterocycles. The van der Waals surface area contributed by atoms with Crippen molar-refractivity contribution in [2.45, 2.75) is 19.8 Å². The molecule has 0 N–H and O–H groups in total. The van der Waals surface area contributed by atoms with Crippen molar-refractivity contribution < 1.29 is 4.79 Å². The Morgan fingerprint density at radius 2 is 1.64 bits per heavy atom. The van der Waals surface area contributed by atoms with Crippen LogP contribution in [0.4, 0.5) is 0 Å². The minimum Gasteiger partial charge on any atom is -0.345 e. The highest BCUT2D eigenvalue weighted by atomic mass is 16.2. The molecule has 1 aromatic rings. The Morgan fingerprint density at radius 3 is 2.00 bits per heavy atom. The summed E-state index contributed by atoms with van der Waals surface area (Å²) in [5.41, 5.74) is 2.01. The van der Waals surface area contributed by atoms with Crippen LogP contribution in [0.1, 0.15) is 35.7 Å². The van der Waals surface area contributed by atoms with E-state index in [0.717, 1.165) is 5.56 Å². The monoisotopic (exact) mass is 191 g/mol. The molecule has 76 valence electrons. The predicted octanol–water partition coefficient (Wildman–Crippen LogP) is 2.51. The van der Waals surface area contributed by atoms with E-state index in [0.29, 0.717) is 5.92 Å². The van der Waals surface area contributed by atoms with Gasteiger partial charge in [0.2, 0.25) is 0 Å². The Morgan fingerprint density at radius 1 is 1.14 bits per heavy atom. The number of amides is 1. The third kappa shape index (κ3) is 2.34. The summed E-state index contributed by atoms with van der Waals surface area (Å²) in [6.45, 7) is 4.28. The van der Waals surface area contributed by atoms with Crippen LogP contribution >= 0.6 is 0 Å². The summed E-state index contributed by atoms with van der Waals surface area (Å²) in [5, 5.41) is 0. The molecule has 0 saturated heterocycles. The van der Waals surface area contributed by atoms with Crippen molar-refractivity contribution in [3.63, 3.8) is 0 Å². The van der Waals surface area contributed by atoms with E-state index in [-0.39, 0.29) is 5.91 Å². The Labute approximate surface area is 85.5 Å². The summed E-state index contributed by atoms with van der Waals surface area (Å²) in [6, 6.07) is 7.80. The molecule has 2 nitrogen and oxygen atoms in total. The Hall–Kier alpha value is -1.31. The third-order valence-corrected chi connectivity index (χ3v) is 2.23. The highest BCUT2D eigenvalue weighted by molar-refractivity contribution is 5.93. The highest BCUT2D eigenvalue weighted by Gasteiger charge is 2.07. The number of hydrogen-bond acceptors (Lipinski definition) is 1. The molecule has 2 heteroatoms. The average Bonchev–Trinajstić information content (AvgIpc) is 2.16. The van der Waals surface area contributed by atoms with Crippen LogP contribution in [-0.2, 0) is 0 Å². The van der Waals surface area contributed by atoms with Crippen molar-refractivity contribution in [3.05, 3.63) is 35.4 Å². The third-order valence-electron chi connectivity index (χ3n) is 2.23. The second-order valence-corrected chi connectivity index (χ2v) is 3.98. The van der Waals surface area contributed by atoms with E-state index in [1.54, 1.807) is 19.0 Å². The zero-order valence-electron chi connectivity index (χ0n) is 9.24. The second-order valence-electron chi connectivity index (χ2n) is 3.98. The summed E-state index contributed by atoms with van der Waals surface area (Å²) in [5.74, 6) is 0.568. The fraction of sp³-hybridized carbons (Fsp3) is 0.417. The molecule has 0 fully saturated rings. The zero-order valence-corrected chi connectivity index (χ0v) is 9.24. The van der Waals surface area contributed by atoms with Crippen molar-refractivity contribution in [3.8, 4) is 0 Å². The molecule has 0 aliphatic carbocycles. The summed E-state index contributed by atoms with van der Waals surface area (Å²) in [6.07, 6.45) is 0. The van der Waals surface area contributed by atoms with E-state index in [1.807, 2.05) is 24.3 Å². The van der Waals surface area contributed by atoms with Crippen LogP contribution in [-0.4, -0.2) is 24.9 Å². The van der Waals surface area contributed by atoms with Crippen LogP contribution < -0.4 is 0 Å². The lowest BCUT2D eigenvalue weighted by Gasteiger charge is -2.11. The van der Waals surface area contributed by atoms with Gasteiger partial charge >= 0.3 is 0 Å². The van der Waals surface area contributed by atoms with Gasteiger partial charge in [-0.1, -0.05) is 26.0 Å². The molecule has 0 atom stereocenters. The number of carbonyl (C=O) groups is 1. The van der Waals surface area contributed by atoms with Crippen molar-refractivity contribution >= 4 is 5.91 Å². The van der Waals surface area contributed by atoms with E-state index in [2.05, 4.69) is 13.8 Å². The Balaban J connectivity index is 2.89. The molecule has 1 amide bonds. The molecule has 0 aliphatic rings. The molecule has 0 saturated carbocycles. The van der Waals surface area contributed by atoms with Gasteiger partial charge in [-0.05, 0) is 23.6 Å². The summed E-state index contributed by atoms with van der Waals surface area (Å²) in [7, 11) is 3.53. The molecular weight excluding hydrogens is 174 g/mol. The number of hydrogen-bond donors (Lipinski definition) is 0. The van der Waals surface area contributed by atoms with E-state index < -0.39 is 0 Å². The lowest BCUT2D eigenvalue weighted by molar-refractivity contribution is 0.0827. The van der Waals surface area contributed by atoms with Gasteiger partial charge in [0.25, 0.3) is 5.91 Å². The zero-order chi connectivity index (χ0) is 10.7. The first kappa shape index (κ1) is 10.8. The van der Waals surface area contributed by atoms with Crippen LogP contribution in [0.2, 0.25) is 0 Å². The van der Waals surface area contributed by atoms with Gasteiger partial charge in [-0.3, -0.25) is 4.79 Å². The molecule has 0 radical (unpaired) electrons. The molecule has 1 aromatic carbocycles. The van der Waals surface area contributed by atoms with E-state index in [1.165, 1.54) is 5.56 Å². The number of nitrogens with zero attached hydrogens (tertiary/aromatic N) is 1. The van der Waals surface area contributed by atoms with Crippen molar-refractivity contribution in [2.75, 3.05) is 14.1 Å². The molecule has 0 unspecified atom stereocenters. The minimum atomic E-state index is 0.0558. The second kappa shape index (κ2) is 4.27. The van der Waals surface area contributed by atoms with Crippen LogP contribution in [0.5, 0.6) is 0 Å². The molecule has 0 heterocycles. The largest absolute Gasteiger partial charge is 0.345 e. The van der Waals surface area contributed by atoms with Crippen molar-refractivity contribution in [2.24, 2.45) is 0 Å². The summed E-state index contributed by atoms with van der Waals surface area (Å²) >= 11 is 0. The van der Waals surface area contributed by atoms with Gasteiger partial charge in [0.1, 0.15) is 0 Å². The van der Waals surface area contributed by atoms with Crippen molar-refractivity contribution in [1.82, 2.24) is 4.90 Å². The topological polar surface area (TPSA) is 20.3 Å². The molecule has 1 rings (SSSR count). The van der Waals surface area contributed by atoms with Gasteiger partial charge in [0.15, 0.2) is 0 Å². The van der Waals surface area contributed by atoms with Crippen molar-refractivity contribution in [1.29, 1.82) is 0 Å². The first-order valence-electron chi connectivity index (χ1n) is 4.84. The van der Waals surface area contributed by atoms with Gasteiger partial charge in [-0.2, -0.15) is 0 Å². The summed E-state index contributed by atoms with van der Waals surface area (Å²) < 4.78 is 0. The first-order chi connectivity index (χ1) is 6.52. The van der Waals surface area contributed by atoms with E-state index in [9.17, 15) is 4.79 Å². The van der Waals surface area contributed by atoms with Gasteiger partial charge in [-0.25, -0.2) is 0 Å². The number of rotatable bonds is 2. The lowest BCUT2D eigenvalue weighted by Crippen LogP contribution is -2.21. The summed E-state index contributed by atoms with van der Waals surface area (Å²) in [4.78, 5) is 13.1. The maximum Gasteiger partial charge on any atom is 0.253 e. The fourth-order valence-corrected chi connectivity index (χ4v) is 1.27. The SMILES string of the molecule is CC(C)c1ccc(C(=O)N(C)C)cc1. The lowest BCUT2D eigenvalue weighted by atomic mass is 10.0. The maximum atomic E-state index is 11.6. The molecule has 14 heavy (non-hydrogen) atoms. The smallest absolute Gasteiger partial charge is 0.253 e. The standard InChI is InChI=1S/C12H17NO/c1-9(2)10-5-7-11(8-6-10)12(14)13(3)4/h5-9H,1-4H3. The van der Waals surface area contributed by atoms with E-state index >= 15 is 0 Å². The van der Waals surface area contributed by atoms with Crippen LogP contribution in [0, 0.1) is 0 Å². The Bertz CT molecular complexity index is 312. The van der Waals surface area contributed by atoms with E-state index in [4.69, 9.17) is 0 Å². The van der Waals surface area contributed by atoms with Crippen LogP contribution in [0.25, 0.3) is 0 Å². The molecule has 0 bridgehead atoms. The number of carbonyl (C=O) groups excluding carboxylic acids is 1. The molecule has 0 aliphatic heterocycles. The van der Waals surface area contributed by atoms with Crippen LogP contribution in [0.15, 0.2) is 24.3 Å². The minimum absolute atomic E-state index is 0.0558. The fourth-order valence-electron chi connectivity index (χ4n) is 1.27. The normalized spacial score (nSPS) is 10.4. The molecular formula is C12H17NO. The van der Waals surface area contributed by atoms with Gasteiger partial charge in [0.05, 0.1) is 0 Å². The van der Waals surface area contributed by atoms with Crippen LogP contribution in [0.3, 0.4) is 0 Å². The average molecular weight is 191 g/mol. The first-order valence-corrected chi connectivity index (χ1v) is 4.84. The number of benzene rings is 1. The van der Waals surface area contributed by atoms with Gasteiger partial charge < -0.3 is 4.90 Å².